The number of carbonyl (C=O) groups is 1. The van der Waals surface area contributed by atoms with E-state index in [1.807, 2.05) is 18.2 Å². The van der Waals surface area contributed by atoms with Gasteiger partial charge in [-0.1, -0.05) is 48.9 Å². The lowest BCUT2D eigenvalue weighted by Crippen LogP contribution is -2.11. The molecule has 2 N–H and O–H groups in total. The van der Waals surface area contributed by atoms with E-state index < -0.39 is 0 Å². The number of benzene rings is 2. The average Bonchev–Trinajstić information content (AvgIpc) is 2.39. The van der Waals surface area contributed by atoms with Crippen LogP contribution in [0.2, 0.25) is 0 Å². The second-order valence-electron chi connectivity index (χ2n) is 4.62. The molecule has 2 aromatic rings. The van der Waals surface area contributed by atoms with E-state index in [-0.39, 0.29) is 11.8 Å². The van der Waals surface area contributed by atoms with Crippen molar-refractivity contribution in [3.63, 3.8) is 0 Å². The minimum atomic E-state index is -0.382. The lowest BCUT2D eigenvalue weighted by molar-refractivity contribution is 0.1000. The first-order valence-corrected chi connectivity index (χ1v) is 6.04. The minimum absolute atomic E-state index is 0.255. The molecule has 18 heavy (non-hydrogen) atoms. The summed E-state index contributed by atoms with van der Waals surface area (Å²) < 4.78 is 0. The van der Waals surface area contributed by atoms with Gasteiger partial charge in [-0.3, -0.25) is 4.79 Å². The molecular weight excluding hydrogens is 222 g/mol. The zero-order valence-corrected chi connectivity index (χ0v) is 10.7. The molecule has 0 radical (unpaired) electrons. The first-order valence-electron chi connectivity index (χ1n) is 6.04. The summed E-state index contributed by atoms with van der Waals surface area (Å²) in [7, 11) is 0. The molecule has 92 valence electrons. The van der Waals surface area contributed by atoms with E-state index in [4.69, 9.17) is 5.73 Å². The summed E-state index contributed by atoms with van der Waals surface area (Å²) in [6, 6.07) is 16.0. The molecule has 1 amide bonds. The van der Waals surface area contributed by atoms with E-state index in [0.717, 1.165) is 5.56 Å². The zero-order chi connectivity index (χ0) is 13.1. The van der Waals surface area contributed by atoms with Crippen LogP contribution in [0.4, 0.5) is 0 Å². The third-order valence-corrected chi connectivity index (χ3v) is 3.25. The summed E-state index contributed by atoms with van der Waals surface area (Å²) in [6.45, 7) is 4.20. The largest absolute Gasteiger partial charge is 0.366 e. The van der Waals surface area contributed by atoms with Gasteiger partial charge in [0.05, 0.1) is 0 Å². The van der Waals surface area contributed by atoms with Gasteiger partial charge in [0.1, 0.15) is 0 Å². The van der Waals surface area contributed by atoms with Crippen molar-refractivity contribution in [1.29, 1.82) is 0 Å². The molecule has 0 heterocycles. The van der Waals surface area contributed by atoms with Crippen molar-refractivity contribution < 1.29 is 4.79 Å². The van der Waals surface area contributed by atoms with Gasteiger partial charge < -0.3 is 5.73 Å². The number of amides is 1. The Bertz CT molecular complexity index is 558. The highest BCUT2D eigenvalue weighted by molar-refractivity contribution is 5.92. The number of hydrogen-bond acceptors (Lipinski definition) is 1. The van der Waals surface area contributed by atoms with Gasteiger partial charge in [-0.05, 0) is 30.2 Å². The molecule has 0 fully saturated rings. The Morgan fingerprint density at radius 1 is 1.06 bits per heavy atom. The maximum atomic E-state index is 11.2. The number of rotatable bonds is 3. The molecule has 0 saturated heterocycles. The van der Waals surface area contributed by atoms with Gasteiger partial charge in [-0.2, -0.15) is 0 Å². The summed E-state index contributed by atoms with van der Waals surface area (Å²) in [4.78, 5) is 11.2. The minimum Gasteiger partial charge on any atom is -0.366 e. The van der Waals surface area contributed by atoms with Gasteiger partial charge >= 0.3 is 0 Å². The first-order chi connectivity index (χ1) is 8.58. The topological polar surface area (TPSA) is 43.1 Å². The molecule has 0 aliphatic heterocycles. The van der Waals surface area contributed by atoms with Crippen LogP contribution in [0.5, 0.6) is 0 Å². The highest BCUT2D eigenvalue weighted by atomic mass is 16.1. The number of nitrogens with two attached hydrogens (primary N) is 1. The summed E-state index contributed by atoms with van der Waals surface area (Å²) in [5.41, 5.74) is 9.46. The highest BCUT2D eigenvalue weighted by Gasteiger charge is 2.10. The molecule has 0 unspecified atom stereocenters. The van der Waals surface area contributed by atoms with Crippen LogP contribution in [0, 0.1) is 6.92 Å². The number of hydrogen-bond donors (Lipinski definition) is 1. The van der Waals surface area contributed by atoms with Crippen LogP contribution in [-0.2, 0) is 0 Å². The maximum Gasteiger partial charge on any atom is 0.248 e. The normalized spacial score (nSPS) is 12.1. The zero-order valence-electron chi connectivity index (χ0n) is 10.7. The molecule has 2 nitrogen and oxygen atoms in total. The molecule has 0 saturated carbocycles. The second-order valence-corrected chi connectivity index (χ2v) is 4.62. The first kappa shape index (κ1) is 12.4. The third-order valence-electron chi connectivity index (χ3n) is 3.25. The van der Waals surface area contributed by atoms with Gasteiger partial charge in [-0.25, -0.2) is 0 Å². The van der Waals surface area contributed by atoms with Crippen molar-refractivity contribution >= 4 is 5.91 Å². The van der Waals surface area contributed by atoms with Gasteiger partial charge in [0.25, 0.3) is 0 Å². The summed E-state index contributed by atoms with van der Waals surface area (Å²) in [6.07, 6.45) is 0. The Hall–Kier alpha value is -2.09. The van der Waals surface area contributed by atoms with E-state index >= 15 is 0 Å². The van der Waals surface area contributed by atoms with Crippen LogP contribution in [0.15, 0.2) is 48.5 Å². The molecule has 2 rings (SSSR count). The van der Waals surface area contributed by atoms with Crippen molar-refractivity contribution in [3.05, 3.63) is 70.8 Å². The molecule has 0 aromatic heterocycles. The van der Waals surface area contributed by atoms with Crippen LogP contribution < -0.4 is 5.73 Å². The van der Waals surface area contributed by atoms with Crippen molar-refractivity contribution in [3.8, 4) is 0 Å². The quantitative estimate of drug-likeness (QED) is 0.877. The summed E-state index contributed by atoms with van der Waals surface area (Å²) in [5.74, 6) is -0.127. The lowest BCUT2D eigenvalue weighted by Gasteiger charge is -2.13. The monoisotopic (exact) mass is 239 g/mol. The van der Waals surface area contributed by atoms with Crippen molar-refractivity contribution in [2.24, 2.45) is 5.73 Å². The van der Waals surface area contributed by atoms with Crippen LogP contribution in [0.25, 0.3) is 0 Å². The van der Waals surface area contributed by atoms with Gasteiger partial charge in [0.15, 0.2) is 0 Å². The fourth-order valence-corrected chi connectivity index (χ4v) is 2.01. The van der Waals surface area contributed by atoms with E-state index in [9.17, 15) is 4.79 Å². The van der Waals surface area contributed by atoms with Crippen LogP contribution in [0.3, 0.4) is 0 Å². The number of aryl methyl sites for hydroxylation is 1. The number of primary amides is 1. The predicted molar refractivity (Wildman–Crippen MR) is 73.7 cm³/mol. The molecule has 0 spiro atoms. The van der Waals surface area contributed by atoms with Crippen molar-refractivity contribution in [2.45, 2.75) is 19.8 Å². The molecule has 2 heteroatoms. The van der Waals surface area contributed by atoms with E-state index in [1.54, 1.807) is 6.07 Å². The molecular formula is C16H17NO. The standard InChI is InChI=1S/C16H17NO/c1-11-6-8-13(9-7-11)12(2)14-4-3-5-15(10-14)16(17)18/h3-10,12H,1-2H3,(H2,17,18)/t12-/m0/s1. The van der Waals surface area contributed by atoms with Crippen molar-refractivity contribution in [1.82, 2.24) is 0 Å². The summed E-state index contributed by atoms with van der Waals surface area (Å²) in [5, 5.41) is 0. The van der Waals surface area contributed by atoms with E-state index in [0.29, 0.717) is 5.56 Å². The molecule has 2 aromatic carbocycles. The fraction of sp³-hybridized carbons (Fsp3) is 0.188. The van der Waals surface area contributed by atoms with E-state index in [2.05, 4.69) is 38.1 Å². The Balaban J connectivity index is 2.33. The Morgan fingerprint density at radius 3 is 2.33 bits per heavy atom. The summed E-state index contributed by atoms with van der Waals surface area (Å²) >= 11 is 0. The maximum absolute atomic E-state index is 11.2. The average molecular weight is 239 g/mol. The molecule has 0 aliphatic rings. The Morgan fingerprint density at radius 2 is 1.72 bits per heavy atom. The van der Waals surface area contributed by atoms with Gasteiger partial charge in [0.2, 0.25) is 5.91 Å². The SMILES string of the molecule is Cc1ccc([C@H](C)c2cccc(C(N)=O)c2)cc1. The molecule has 1 atom stereocenters. The lowest BCUT2D eigenvalue weighted by atomic mass is 9.91. The molecule has 0 bridgehead atoms. The fourth-order valence-electron chi connectivity index (χ4n) is 2.01. The van der Waals surface area contributed by atoms with Crippen LogP contribution >= 0.6 is 0 Å². The highest BCUT2D eigenvalue weighted by Crippen LogP contribution is 2.24. The molecule has 0 aliphatic carbocycles. The Kier molecular flexibility index (Phi) is 3.47. The smallest absolute Gasteiger partial charge is 0.248 e. The van der Waals surface area contributed by atoms with Crippen LogP contribution in [-0.4, -0.2) is 5.91 Å². The second kappa shape index (κ2) is 5.05. The van der Waals surface area contributed by atoms with Crippen LogP contribution in [0.1, 0.15) is 39.9 Å². The number of carbonyl (C=O) groups excluding carboxylic acids is 1. The predicted octanol–water partition coefficient (Wildman–Crippen LogP) is 3.25. The van der Waals surface area contributed by atoms with E-state index in [1.165, 1.54) is 11.1 Å². The van der Waals surface area contributed by atoms with Gasteiger partial charge in [0, 0.05) is 11.5 Å². The Labute approximate surface area is 107 Å². The third kappa shape index (κ3) is 2.59. The van der Waals surface area contributed by atoms with Crippen molar-refractivity contribution in [2.75, 3.05) is 0 Å². The van der Waals surface area contributed by atoms with Gasteiger partial charge in [-0.15, -0.1) is 0 Å².